The van der Waals surface area contributed by atoms with E-state index in [1.54, 1.807) is 25.7 Å². The lowest BCUT2D eigenvalue weighted by atomic mass is 9.85. The fourth-order valence-electron chi connectivity index (χ4n) is 5.86. The zero-order chi connectivity index (χ0) is 27.1. The summed E-state index contributed by atoms with van der Waals surface area (Å²) in [6, 6.07) is 8.44. The van der Waals surface area contributed by atoms with Crippen LogP contribution in [-0.4, -0.2) is 64.2 Å². The van der Waals surface area contributed by atoms with E-state index in [2.05, 4.69) is 16.2 Å². The summed E-state index contributed by atoms with van der Waals surface area (Å²) in [4.78, 5) is 58.6. The standard InChI is InChI=1S/C27H37N5O6/c1-26(2,3)38-24(35)28-19-10-9-18(13-19)22(33)29-30-23(34)20-14-27(11-12-27)21-15-31(20)25(36)32(21)37-16-17-7-5-4-6-8-17/h4-8,18-21H,9-16H2,1-3H3,(H,28,35)(H,29,33)(H,30,34)/t18-,19+,20+,21-/m1/s1. The number of hydrogen-bond acceptors (Lipinski definition) is 6. The number of amides is 5. The Morgan fingerprint density at radius 2 is 1.76 bits per heavy atom. The van der Waals surface area contributed by atoms with Crippen LogP contribution in [0.1, 0.15) is 64.9 Å². The third-order valence-corrected chi connectivity index (χ3v) is 8.01. The van der Waals surface area contributed by atoms with Crippen LogP contribution in [0.3, 0.4) is 0 Å². The van der Waals surface area contributed by atoms with Crippen molar-refractivity contribution in [3.05, 3.63) is 35.9 Å². The first kappa shape index (κ1) is 26.3. The fourth-order valence-corrected chi connectivity index (χ4v) is 5.86. The Morgan fingerprint density at radius 3 is 2.45 bits per heavy atom. The van der Waals surface area contributed by atoms with Gasteiger partial charge in [0.05, 0.1) is 6.04 Å². The molecule has 4 atom stereocenters. The highest BCUT2D eigenvalue weighted by atomic mass is 16.7. The van der Waals surface area contributed by atoms with Crippen LogP contribution in [0.2, 0.25) is 0 Å². The molecule has 2 aliphatic heterocycles. The summed E-state index contributed by atoms with van der Waals surface area (Å²) in [5.41, 5.74) is 5.35. The summed E-state index contributed by atoms with van der Waals surface area (Å²) in [5.74, 6) is -1.04. The van der Waals surface area contributed by atoms with Gasteiger partial charge in [-0.2, -0.15) is 5.06 Å². The van der Waals surface area contributed by atoms with Crippen molar-refractivity contribution in [3.63, 3.8) is 0 Å². The van der Waals surface area contributed by atoms with E-state index in [9.17, 15) is 19.2 Å². The average molecular weight is 528 g/mol. The van der Waals surface area contributed by atoms with Crippen LogP contribution in [-0.2, 0) is 25.8 Å². The maximum atomic E-state index is 13.2. The van der Waals surface area contributed by atoms with E-state index in [0.29, 0.717) is 32.2 Å². The third kappa shape index (κ3) is 5.57. The van der Waals surface area contributed by atoms with E-state index >= 15 is 0 Å². The molecule has 0 unspecified atom stereocenters. The lowest BCUT2D eigenvalue weighted by Gasteiger charge is -2.35. The second kappa shape index (κ2) is 10.1. The second-order valence-corrected chi connectivity index (χ2v) is 11.9. The molecule has 4 aliphatic rings. The number of ether oxygens (including phenoxy) is 1. The SMILES string of the molecule is CC(C)(C)OC(=O)N[C@H]1CC[C@@H](C(=O)NNC(=O)[C@@H]2CC3(CC3)[C@H]3CN2C(=O)N3OCc2ccccc2)C1. The van der Waals surface area contributed by atoms with Gasteiger partial charge in [-0.15, -0.1) is 0 Å². The lowest BCUT2D eigenvalue weighted by Crippen LogP contribution is -2.56. The quantitative estimate of drug-likeness (QED) is 0.488. The van der Waals surface area contributed by atoms with Crippen molar-refractivity contribution in [2.45, 2.75) is 89.6 Å². The van der Waals surface area contributed by atoms with E-state index < -0.39 is 23.6 Å². The predicted octanol–water partition coefficient (Wildman–Crippen LogP) is 2.62. The van der Waals surface area contributed by atoms with E-state index in [1.165, 1.54) is 5.06 Å². The highest BCUT2D eigenvalue weighted by molar-refractivity contribution is 5.90. The van der Waals surface area contributed by atoms with Crippen LogP contribution in [0.5, 0.6) is 0 Å². The van der Waals surface area contributed by atoms with Crippen molar-refractivity contribution in [1.82, 2.24) is 26.1 Å². The number of nitrogens with zero attached hydrogens (tertiary/aromatic N) is 2. The van der Waals surface area contributed by atoms with Crippen molar-refractivity contribution >= 4 is 23.9 Å². The van der Waals surface area contributed by atoms with Crippen LogP contribution in [0, 0.1) is 11.3 Å². The molecule has 2 saturated heterocycles. The Labute approximate surface area is 222 Å². The average Bonchev–Trinajstić information content (AvgIpc) is 3.36. The first-order valence-electron chi connectivity index (χ1n) is 13.4. The summed E-state index contributed by atoms with van der Waals surface area (Å²) >= 11 is 0. The van der Waals surface area contributed by atoms with Gasteiger partial charge in [0, 0.05) is 18.5 Å². The molecule has 206 valence electrons. The number of benzene rings is 1. The number of hydrazine groups is 1. The van der Waals surface area contributed by atoms with Gasteiger partial charge in [-0.1, -0.05) is 30.3 Å². The van der Waals surface area contributed by atoms with Crippen molar-refractivity contribution in [3.8, 4) is 0 Å². The third-order valence-electron chi connectivity index (χ3n) is 8.01. The number of rotatable bonds is 6. The zero-order valence-electron chi connectivity index (χ0n) is 22.2. The van der Waals surface area contributed by atoms with Gasteiger partial charge in [0.25, 0.3) is 5.91 Å². The largest absolute Gasteiger partial charge is 0.444 e. The smallest absolute Gasteiger partial charge is 0.407 e. The zero-order valence-corrected chi connectivity index (χ0v) is 22.2. The molecule has 38 heavy (non-hydrogen) atoms. The molecule has 0 radical (unpaired) electrons. The molecule has 4 fully saturated rings. The van der Waals surface area contributed by atoms with Crippen LogP contribution in [0.4, 0.5) is 9.59 Å². The number of urea groups is 1. The molecule has 2 aliphatic carbocycles. The summed E-state index contributed by atoms with van der Waals surface area (Å²) in [6.45, 7) is 6.10. The van der Waals surface area contributed by atoms with Gasteiger partial charge in [-0.3, -0.25) is 25.3 Å². The maximum absolute atomic E-state index is 13.2. The molecular weight excluding hydrogens is 490 g/mol. The molecule has 1 spiro atoms. The normalized spacial score (nSPS) is 27.3. The van der Waals surface area contributed by atoms with Gasteiger partial charge in [0.2, 0.25) is 5.91 Å². The molecule has 11 heteroatoms. The summed E-state index contributed by atoms with van der Waals surface area (Å²) in [7, 11) is 0. The van der Waals surface area contributed by atoms with E-state index in [1.807, 2.05) is 30.3 Å². The maximum Gasteiger partial charge on any atom is 0.407 e. The number of piperidine rings is 1. The molecule has 2 heterocycles. The van der Waals surface area contributed by atoms with Gasteiger partial charge in [-0.05, 0) is 70.3 Å². The number of carbonyl (C=O) groups is 4. The summed E-state index contributed by atoms with van der Waals surface area (Å²) in [5, 5.41) is 4.27. The van der Waals surface area contributed by atoms with Crippen LogP contribution >= 0.6 is 0 Å². The van der Waals surface area contributed by atoms with E-state index in [0.717, 1.165) is 18.4 Å². The Hall–Kier alpha value is -3.34. The fraction of sp³-hybridized carbons (Fsp3) is 0.630. The minimum atomic E-state index is -0.669. The molecule has 11 nitrogen and oxygen atoms in total. The van der Waals surface area contributed by atoms with Gasteiger partial charge < -0.3 is 15.0 Å². The molecule has 0 aromatic heterocycles. The monoisotopic (exact) mass is 527 g/mol. The molecule has 1 aromatic rings. The van der Waals surface area contributed by atoms with Crippen molar-refractivity contribution in [2.24, 2.45) is 11.3 Å². The molecule has 1 aromatic carbocycles. The van der Waals surface area contributed by atoms with Gasteiger partial charge in [-0.25, -0.2) is 9.59 Å². The van der Waals surface area contributed by atoms with Crippen molar-refractivity contribution in [2.75, 3.05) is 6.54 Å². The molecule has 5 amide bonds. The minimum absolute atomic E-state index is 0.0785. The highest BCUT2D eigenvalue weighted by Gasteiger charge is 2.64. The van der Waals surface area contributed by atoms with Gasteiger partial charge >= 0.3 is 12.1 Å². The van der Waals surface area contributed by atoms with Gasteiger partial charge in [0.15, 0.2) is 0 Å². The summed E-state index contributed by atoms with van der Waals surface area (Å²) < 4.78 is 5.29. The number of alkyl carbamates (subject to hydrolysis) is 1. The summed E-state index contributed by atoms with van der Waals surface area (Å²) in [6.07, 6.45) is 3.63. The molecule has 5 rings (SSSR count). The van der Waals surface area contributed by atoms with E-state index in [4.69, 9.17) is 9.57 Å². The number of fused-ring (bicyclic) bond motifs is 3. The molecule has 3 N–H and O–H groups in total. The first-order valence-corrected chi connectivity index (χ1v) is 13.4. The van der Waals surface area contributed by atoms with Crippen LogP contribution in [0.25, 0.3) is 0 Å². The minimum Gasteiger partial charge on any atom is -0.444 e. The highest BCUT2D eigenvalue weighted by Crippen LogP contribution is 2.59. The molecule has 2 saturated carbocycles. The lowest BCUT2D eigenvalue weighted by molar-refractivity contribution is -0.153. The molecule has 2 bridgehead atoms. The predicted molar refractivity (Wildman–Crippen MR) is 136 cm³/mol. The Bertz CT molecular complexity index is 1090. The van der Waals surface area contributed by atoms with Crippen LogP contribution in [0.15, 0.2) is 30.3 Å². The molecular formula is C27H37N5O6. The Morgan fingerprint density at radius 1 is 1.05 bits per heavy atom. The number of nitrogens with one attached hydrogen (secondary N) is 3. The Kier molecular flexibility index (Phi) is 6.97. The first-order chi connectivity index (χ1) is 18.0. The Balaban J connectivity index is 1.12. The number of hydroxylamine groups is 2. The number of carbonyl (C=O) groups excluding carboxylic acids is 4. The van der Waals surface area contributed by atoms with Crippen molar-refractivity contribution in [1.29, 1.82) is 0 Å². The second-order valence-electron chi connectivity index (χ2n) is 11.9. The van der Waals surface area contributed by atoms with Crippen LogP contribution < -0.4 is 16.2 Å². The number of hydrogen-bond donors (Lipinski definition) is 3. The van der Waals surface area contributed by atoms with Crippen molar-refractivity contribution < 1.29 is 28.8 Å². The topological polar surface area (TPSA) is 129 Å². The van der Waals surface area contributed by atoms with E-state index in [-0.39, 0.29) is 42.0 Å². The van der Waals surface area contributed by atoms with Gasteiger partial charge in [0.1, 0.15) is 18.2 Å².